The van der Waals surface area contributed by atoms with Crippen LogP contribution >= 0.6 is 0 Å². The molecule has 4 nitrogen and oxygen atoms in total. The minimum absolute atomic E-state index is 0.0872. The van der Waals surface area contributed by atoms with E-state index < -0.39 is 0 Å². The Bertz CT molecular complexity index is 366. The van der Waals surface area contributed by atoms with Crippen LogP contribution < -0.4 is 5.84 Å². The Morgan fingerprint density at radius 3 is 2.69 bits per heavy atom. The molecule has 0 saturated carbocycles. The summed E-state index contributed by atoms with van der Waals surface area (Å²) in [6.45, 7) is 4.01. The molecule has 16 heavy (non-hydrogen) atoms. The number of nitrogens with two attached hydrogens (primary N) is 1. The number of hydrogen-bond acceptors (Lipinski definition) is 3. The SMILES string of the molecule is CC[C@@H](C)C(=O)N(N)Cc1ccccc1O. The van der Waals surface area contributed by atoms with Gasteiger partial charge in [0.15, 0.2) is 0 Å². The van der Waals surface area contributed by atoms with E-state index in [4.69, 9.17) is 5.84 Å². The summed E-state index contributed by atoms with van der Waals surface area (Å²) in [5, 5.41) is 10.7. The highest BCUT2D eigenvalue weighted by Crippen LogP contribution is 2.17. The van der Waals surface area contributed by atoms with Crippen LogP contribution in [0.2, 0.25) is 0 Å². The predicted molar refractivity (Wildman–Crippen MR) is 62.3 cm³/mol. The standard InChI is InChI=1S/C12H18N2O2/c1-3-9(2)12(16)14(13)8-10-6-4-5-7-11(10)15/h4-7,9,15H,3,8,13H2,1-2H3/t9-/m1/s1. The van der Waals surface area contributed by atoms with Gasteiger partial charge in [-0.1, -0.05) is 32.0 Å². The lowest BCUT2D eigenvalue weighted by atomic mass is 10.1. The van der Waals surface area contributed by atoms with E-state index in [-0.39, 0.29) is 24.1 Å². The van der Waals surface area contributed by atoms with E-state index in [0.717, 1.165) is 11.4 Å². The topological polar surface area (TPSA) is 66.6 Å². The lowest BCUT2D eigenvalue weighted by molar-refractivity contribution is -0.136. The van der Waals surface area contributed by atoms with Gasteiger partial charge in [-0.25, -0.2) is 5.84 Å². The maximum atomic E-state index is 11.7. The molecule has 4 heteroatoms. The number of carbonyl (C=O) groups excluding carboxylic acids is 1. The van der Waals surface area contributed by atoms with Crippen molar-refractivity contribution in [2.75, 3.05) is 0 Å². The van der Waals surface area contributed by atoms with E-state index in [1.165, 1.54) is 0 Å². The molecule has 0 aromatic heterocycles. The van der Waals surface area contributed by atoms with Gasteiger partial charge in [0.1, 0.15) is 5.75 Å². The van der Waals surface area contributed by atoms with E-state index in [1.807, 2.05) is 13.8 Å². The highest BCUT2D eigenvalue weighted by atomic mass is 16.3. The molecule has 1 aromatic carbocycles. The first kappa shape index (κ1) is 12.5. The van der Waals surface area contributed by atoms with Crippen molar-refractivity contribution in [3.05, 3.63) is 29.8 Å². The molecule has 0 heterocycles. The molecule has 1 rings (SSSR count). The smallest absolute Gasteiger partial charge is 0.239 e. The Balaban J connectivity index is 2.68. The molecule has 1 amide bonds. The zero-order chi connectivity index (χ0) is 12.1. The van der Waals surface area contributed by atoms with Gasteiger partial charge in [0.05, 0.1) is 6.54 Å². The van der Waals surface area contributed by atoms with Crippen molar-refractivity contribution in [2.24, 2.45) is 11.8 Å². The number of amides is 1. The van der Waals surface area contributed by atoms with Crippen molar-refractivity contribution in [3.8, 4) is 5.75 Å². The van der Waals surface area contributed by atoms with Crippen LogP contribution in [-0.2, 0) is 11.3 Å². The Labute approximate surface area is 95.6 Å². The molecule has 0 fully saturated rings. The molecule has 0 bridgehead atoms. The number of nitrogens with zero attached hydrogens (tertiary/aromatic N) is 1. The number of hydrogen-bond donors (Lipinski definition) is 2. The molecule has 0 aliphatic heterocycles. The first-order valence-corrected chi connectivity index (χ1v) is 5.39. The van der Waals surface area contributed by atoms with Crippen molar-refractivity contribution in [3.63, 3.8) is 0 Å². The molecule has 0 radical (unpaired) electrons. The van der Waals surface area contributed by atoms with Crippen LogP contribution in [0.15, 0.2) is 24.3 Å². The number of carbonyl (C=O) groups is 1. The van der Waals surface area contributed by atoms with Crippen molar-refractivity contribution in [2.45, 2.75) is 26.8 Å². The van der Waals surface area contributed by atoms with Gasteiger partial charge >= 0.3 is 0 Å². The van der Waals surface area contributed by atoms with Gasteiger partial charge in [-0.3, -0.25) is 9.80 Å². The fourth-order valence-corrected chi connectivity index (χ4v) is 1.36. The summed E-state index contributed by atoms with van der Waals surface area (Å²) in [4.78, 5) is 11.7. The van der Waals surface area contributed by atoms with E-state index in [1.54, 1.807) is 24.3 Å². The zero-order valence-corrected chi connectivity index (χ0v) is 9.68. The van der Waals surface area contributed by atoms with E-state index in [0.29, 0.717) is 5.56 Å². The average molecular weight is 222 g/mol. The quantitative estimate of drug-likeness (QED) is 0.462. The summed E-state index contributed by atoms with van der Waals surface area (Å²) < 4.78 is 0. The van der Waals surface area contributed by atoms with Crippen LogP contribution in [0.3, 0.4) is 0 Å². The minimum atomic E-state index is -0.106. The highest BCUT2D eigenvalue weighted by Gasteiger charge is 2.17. The molecule has 0 saturated heterocycles. The van der Waals surface area contributed by atoms with E-state index >= 15 is 0 Å². The summed E-state index contributed by atoms with van der Waals surface area (Å²) in [7, 11) is 0. The summed E-state index contributed by atoms with van der Waals surface area (Å²) >= 11 is 0. The number of rotatable bonds is 4. The third kappa shape index (κ3) is 2.97. The summed E-state index contributed by atoms with van der Waals surface area (Å²) in [6.07, 6.45) is 0.757. The maximum Gasteiger partial charge on any atom is 0.239 e. The second-order valence-corrected chi connectivity index (χ2v) is 3.90. The van der Waals surface area contributed by atoms with Gasteiger partial charge in [-0.15, -0.1) is 0 Å². The van der Waals surface area contributed by atoms with E-state index in [9.17, 15) is 9.90 Å². The summed E-state index contributed by atoms with van der Waals surface area (Å²) in [5.74, 6) is 5.64. The molecule has 0 unspecified atom stereocenters. The van der Waals surface area contributed by atoms with Gasteiger partial charge in [0.2, 0.25) is 5.91 Å². The minimum Gasteiger partial charge on any atom is -0.508 e. The number of para-hydroxylation sites is 1. The Hall–Kier alpha value is -1.55. The molecule has 0 aliphatic carbocycles. The first-order valence-electron chi connectivity index (χ1n) is 5.39. The first-order chi connectivity index (χ1) is 7.56. The van der Waals surface area contributed by atoms with Crippen molar-refractivity contribution >= 4 is 5.91 Å². The number of hydrazine groups is 1. The fourth-order valence-electron chi connectivity index (χ4n) is 1.36. The van der Waals surface area contributed by atoms with Gasteiger partial charge in [-0.2, -0.15) is 0 Å². The second kappa shape index (κ2) is 5.51. The molecule has 0 spiro atoms. The molecule has 88 valence electrons. The molecule has 1 atom stereocenters. The number of aromatic hydroxyl groups is 1. The zero-order valence-electron chi connectivity index (χ0n) is 9.68. The van der Waals surface area contributed by atoms with Crippen LogP contribution in [-0.4, -0.2) is 16.0 Å². The molecule has 3 N–H and O–H groups in total. The third-order valence-corrected chi connectivity index (χ3v) is 2.65. The maximum absolute atomic E-state index is 11.7. The van der Waals surface area contributed by atoms with Crippen LogP contribution in [0, 0.1) is 5.92 Å². The normalized spacial score (nSPS) is 12.2. The largest absolute Gasteiger partial charge is 0.508 e. The van der Waals surface area contributed by atoms with Gasteiger partial charge < -0.3 is 5.11 Å². The van der Waals surface area contributed by atoms with Crippen LogP contribution in [0.1, 0.15) is 25.8 Å². The van der Waals surface area contributed by atoms with Gasteiger partial charge in [-0.05, 0) is 12.5 Å². The number of benzene rings is 1. The van der Waals surface area contributed by atoms with Crippen molar-refractivity contribution < 1.29 is 9.90 Å². The van der Waals surface area contributed by atoms with Crippen LogP contribution in [0.5, 0.6) is 5.75 Å². The molecular formula is C12H18N2O2. The lowest BCUT2D eigenvalue weighted by Crippen LogP contribution is -2.40. The van der Waals surface area contributed by atoms with Gasteiger partial charge in [0, 0.05) is 11.5 Å². The summed E-state index contributed by atoms with van der Waals surface area (Å²) in [6, 6.07) is 6.86. The van der Waals surface area contributed by atoms with E-state index in [2.05, 4.69) is 0 Å². The second-order valence-electron chi connectivity index (χ2n) is 3.90. The van der Waals surface area contributed by atoms with Crippen LogP contribution in [0.4, 0.5) is 0 Å². The number of phenols is 1. The molecule has 0 aliphatic rings. The Kier molecular flexibility index (Phi) is 4.31. The average Bonchev–Trinajstić information content (AvgIpc) is 2.30. The summed E-state index contributed by atoms with van der Waals surface area (Å²) in [5.41, 5.74) is 0.654. The Morgan fingerprint density at radius 1 is 1.50 bits per heavy atom. The van der Waals surface area contributed by atoms with Crippen LogP contribution in [0.25, 0.3) is 0 Å². The lowest BCUT2D eigenvalue weighted by Gasteiger charge is -2.20. The third-order valence-electron chi connectivity index (χ3n) is 2.65. The van der Waals surface area contributed by atoms with Gasteiger partial charge in [0.25, 0.3) is 0 Å². The predicted octanol–water partition coefficient (Wildman–Crippen LogP) is 1.64. The van der Waals surface area contributed by atoms with Crippen molar-refractivity contribution in [1.29, 1.82) is 0 Å². The number of phenolic OH excluding ortho intramolecular Hbond substituents is 1. The fraction of sp³-hybridized carbons (Fsp3) is 0.417. The molecule has 1 aromatic rings. The highest BCUT2D eigenvalue weighted by molar-refractivity contribution is 5.77. The monoisotopic (exact) mass is 222 g/mol. The Morgan fingerprint density at radius 2 is 2.12 bits per heavy atom. The molecular weight excluding hydrogens is 204 g/mol. The van der Waals surface area contributed by atoms with Crippen molar-refractivity contribution in [1.82, 2.24) is 5.01 Å².